The van der Waals surface area contributed by atoms with E-state index in [2.05, 4.69) is 15.1 Å². The average Bonchev–Trinajstić information content (AvgIpc) is 3.12. The molecule has 26 heavy (non-hydrogen) atoms. The van der Waals surface area contributed by atoms with E-state index in [0.29, 0.717) is 17.0 Å². The molecule has 0 fully saturated rings. The van der Waals surface area contributed by atoms with Crippen LogP contribution in [-0.2, 0) is 5.75 Å². The first-order valence-electron chi connectivity index (χ1n) is 7.82. The van der Waals surface area contributed by atoms with Crippen molar-refractivity contribution in [2.24, 2.45) is 0 Å². The predicted molar refractivity (Wildman–Crippen MR) is 97.3 cm³/mol. The summed E-state index contributed by atoms with van der Waals surface area (Å²) in [4.78, 5) is 8.70. The molecule has 126 valence electrons. The summed E-state index contributed by atoms with van der Waals surface area (Å²) in [6.45, 7) is 0. The Labute approximate surface area is 153 Å². The molecular formula is C19H12FN5S. The molecule has 0 aliphatic heterocycles. The van der Waals surface area contributed by atoms with E-state index in [4.69, 9.17) is 0 Å². The monoisotopic (exact) mass is 361 g/mol. The molecule has 0 unspecified atom stereocenters. The summed E-state index contributed by atoms with van der Waals surface area (Å²) in [6.07, 6.45) is 3.24. The second kappa shape index (κ2) is 6.94. The van der Waals surface area contributed by atoms with Gasteiger partial charge >= 0.3 is 0 Å². The van der Waals surface area contributed by atoms with Crippen LogP contribution in [-0.4, -0.2) is 19.7 Å². The third kappa shape index (κ3) is 3.03. The minimum absolute atomic E-state index is 0.336. The molecule has 0 atom stereocenters. The molecule has 2 aromatic carbocycles. The third-order valence-corrected chi connectivity index (χ3v) is 4.94. The van der Waals surface area contributed by atoms with Crippen LogP contribution in [0.5, 0.6) is 0 Å². The van der Waals surface area contributed by atoms with Crippen molar-refractivity contribution in [2.75, 3.05) is 0 Å². The van der Waals surface area contributed by atoms with E-state index in [9.17, 15) is 9.65 Å². The van der Waals surface area contributed by atoms with Gasteiger partial charge in [-0.05, 0) is 29.8 Å². The molecule has 0 spiro atoms. The fourth-order valence-corrected chi connectivity index (χ4v) is 3.59. The Morgan fingerprint density at radius 3 is 2.77 bits per heavy atom. The normalized spacial score (nSPS) is 10.8. The smallest absolute Gasteiger partial charge is 0.167 e. The molecule has 0 saturated heterocycles. The number of thioether (sulfide) groups is 1. The molecule has 4 aromatic rings. The van der Waals surface area contributed by atoms with Gasteiger partial charge in [0.25, 0.3) is 0 Å². The summed E-state index contributed by atoms with van der Waals surface area (Å²) in [5, 5.41) is 15.2. The van der Waals surface area contributed by atoms with Crippen LogP contribution < -0.4 is 0 Å². The first-order valence-corrected chi connectivity index (χ1v) is 8.80. The number of aromatic nitrogens is 4. The van der Waals surface area contributed by atoms with Crippen LogP contribution in [0.25, 0.3) is 16.7 Å². The largest absolute Gasteiger partial charge is 0.229 e. The van der Waals surface area contributed by atoms with Crippen molar-refractivity contribution in [3.63, 3.8) is 0 Å². The highest BCUT2D eigenvalue weighted by Gasteiger charge is 2.12. The number of nitrogens with zero attached hydrogens (tertiary/aromatic N) is 5. The number of benzene rings is 2. The zero-order chi connectivity index (χ0) is 17.9. The predicted octanol–water partition coefficient (Wildman–Crippen LogP) is 4.12. The van der Waals surface area contributed by atoms with Crippen molar-refractivity contribution >= 4 is 22.8 Å². The van der Waals surface area contributed by atoms with Crippen molar-refractivity contribution in [3.8, 4) is 11.8 Å². The van der Waals surface area contributed by atoms with Crippen LogP contribution >= 0.6 is 11.8 Å². The van der Waals surface area contributed by atoms with Crippen LogP contribution in [0.1, 0.15) is 11.1 Å². The molecule has 0 aliphatic carbocycles. The van der Waals surface area contributed by atoms with E-state index in [1.165, 1.54) is 30.2 Å². The first kappa shape index (κ1) is 16.2. The second-order valence-electron chi connectivity index (χ2n) is 5.51. The molecule has 0 bridgehead atoms. The lowest BCUT2D eigenvalue weighted by atomic mass is 10.1. The van der Waals surface area contributed by atoms with Crippen LogP contribution in [0.3, 0.4) is 0 Å². The minimum Gasteiger partial charge on any atom is -0.229 e. The van der Waals surface area contributed by atoms with Crippen molar-refractivity contribution in [1.82, 2.24) is 19.7 Å². The van der Waals surface area contributed by atoms with Crippen molar-refractivity contribution in [1.29, 1.82) is 5.26 Å². The molecule has 0 saturated carbocycles. The zero-order valence-corrected chi connectivity index (χ0v) is 14.3. The average molecular weight is 361 g/mol. The number of para-hydroxylation sites is 1. The molecule has 0 aliphatic rings. The topological polar surface area (TPSA) is 67.4 Å². The molecule has 0 amide bonds. The molecule has 0 radical (unpaired) electrons. The van der Waals surface area contributed by atoms with Gasteiger partial charge in [0.1, 0.15) is 17.2 Å². The SMILES string of the molecule is N#Cc1cc(F)ccc1CSc1ncnc2c1cnn2-c1ccccc1. The Bertz CT molecular complexity index is 1120. The maximum atomic E-state index is 13.3. The Kier molecular flexibility index (Phi) is 4.33. The maximum absolute atomic E-state index is 13.3. The number of fused-ring (bicyclic) bond motifs is 1. The Balaban J connectivity index is 1.66. The number of hydrogen-bond donors (Lipinski definition) is 0. The van der Waals surface area contributed by atoms with Gasteiger partial charge < -0.3 is 0 Å². The van der Waals surface area contributed by atoms with Crippen molar-refractivity contribution in [3.05, 3.63) is 78.0 Å². The molecule has 4 rings (SSSR count). The van der Waals surface area contributed by atoms with Crippen LogP contribution in [0.2, 0.25) is 0 Å². The van der Waals surface area contributed by atoms with Gasteiger partial charge in [-0.25, -0.2) is 19.0 Å². The number of nitriles is 1. The zero-order valence-electron chi connectivity index (χ0n) is 13.5. The van der Waals surface area contributed by atoms with Gasteiger partial charge in [-0.1, -0.05) is 24.3 Å². The van der Waals surface area contributed by atoms with Gasteiger partial charge in [0, 0.05) is 5.75 Å². The molecule has 2 aromatic heterocycles. The van der Waals surface area contributed by atoms with Crippen molar-refractivity contribution < 1.29 is 4.39 Å². The van der Waals surface area contributed by atoms with Crippen LogP contribution in [0.4, 0.5) is 4.39 Å². The second-order valence-corrected chi connectivity index (χ2v) is 6.47. The van der Waals surface area contributed by atoms with E-state index in [1.807, 2.05) is 36.4 Å². The van der Waals surface area contributed by atoms with Crippen molar-refractivity contribution in [2.45, 2.75) is 10.8 Å². The highest BCUT2D eigenvalue weighted by Crippen LogP contribution is 2.29. The molecule has 7 heteroatoms. The quantitative estimate of drug-likeness (QED) is 0.404. The molecule has 2 heterocycles. The van der Waals surface area contributed by atoms with Gasteiger partial charge in [0.15, 0.2) is 5.65 Å². The van der Waals surface area contributed by atoms with Gasteiger partial charge in [0.2, 0.25) is 0 Å². The number of rotatable bonds is 4. The summed E-state index contributed by atoms with van der Waals surface area (Å²) in [7, 11) is 0. The van der Waals surface area contributed by atoms with E-state index < -0.39 is 5.82 Å². The highest BCUT2D eigenvalue weighted by molar-refractivity contribution is 7.98. The Morgan fingerprint density at radius 2 is 1.96 bits per heavy atom. The lowest BCUT2D eigenvalue weighted by Crippen LogP contribution is -1.97. The highest BCUT2D eigenvalue weighted by atomic mass is 32.2. The number of hydrogen-bond acceptors (Lipinski definition) is 5. The van der Waals surface area contributed by atoms with Gasteiger partial charge in [0.05, 0.1) is 28.9 Å². The molecule has 0 N–H and O–H groups in total. The summed E-state index contributed by atoms with van der Waals surface area (Å²) in [6, 6.07) is 16.0. The van der Waals surface area contributed by atoms with E-state index in [1.54, 1.807) is 16.9 Å². The van der Waals surface area contributed by atoms with Crippen LogP contribution in [0, 0.1) is 17.1 Å². The Morgan fingerprint density at radius 1 is 1.12 bits per heavy atom. The van der Waals surface area contributed by atoms with E-state index in [-0.39, 0.29) is 0 Å². The fourth-order valence-electron chi connectivity index (χ4n) is 2.62. The fraction of sp³-hybridized carbons (Fsp3) is 0.0526. The minimum atomic E-state index is -0.413. The molecular weight excluding hydrogens is 349 g/mol. The van der Waals surface area contributed by atoms with Gasteiger partial charge in [-0.15, -0.1) is 11.8 Å². The van der Waals surface area contributed by atoms with Gasteiger partial charge in [-0.2, -0.15) is 10.4 Å². The summed E-state index contributed by atoms with van der Waals surface area (Å²) >= 11 is 1.47. The summed E-state index contributed by atoms with van der Waals surface area (Å²) in [5.74, 6) is 0.0927. The van der Waals surface area contributed by atoms with E-state index >= 15 is 0 Å². The maximum Gasteiger partial charge on any atom is 0.167 e. The van der Waals surface area contributed by atoms with Gasteiger partial charge in [-0.3, -0.25) is 0 Å². The Hall–Kier alpha value is -3.24. The molecule has 5 nitrogen and oxygen atoms in total. The van der Waals surface area contributed by atoms with E-state index in [0.717, 1.165) is 21.7 Å². The van der Waals surface area contributed by atoms with Crippen LogP contribution in [0.15, 0.2) is 66.1 Å². The lowest BCUT2D eigenvalue weighted by Gasteiger charge is -2.05. The first-order chi connectivity index (χ1) is 12.8. The third-order valence-electron chi connectivity index (χ3n) is 3.89. The number of halogens is 1. The summed E-state index contributed by atoms with van der Waals surface area (Å²) in [5.41, 5.74) is 2.74. The summed E-state index contributed by atoms with van der Waals surface area (Å²) < 4.78 is 15.0. The lowest BCUT2D eigenvalue weighted by molar-refractivity contribution is 0.627. The standard InChI is InChI=1S/C19H12FN5S/c20-15-7-6-13(14(8-15)9-21)11-26-19-17-10-24-25(18(17)22-12-23-19)16-4-2-1-3-5-16/h1-8,10,12H,11H2.